The van der Waals surface area contributed by atoms with Gasteiger partial charge in [0.25, 0.3) is 0 Å². The Balaban J connectivity index is 2.08. The molecule has 0 amide bonds. The summed E-state index contributed by atoms with van der Waals surface area (Å²) >= 11 is 0. The molecular formula is C12H14O3. The van der Waals surface area contributed by atoms with Crippen LogP contribution in [0.2, 0.25) is 0 Å². The third kappa shape index (κ3) is 1.47. The maximum absolute atomic E-state index is 9.87. The molecule has 1 heterocycles. The van der Waals surface area contributed by atoms with Crippen molar-refractivity contribution < 1.29 is 14.6 Å². The first-order valence-corrected chi connectivity index (χ1v) is 5.45. The van der Waals surface area contributed by atoms with E-state index in [1.165, 1.54) is 5.56 Å². The molecule has 80 valence electrons. The van der Waals surface area contributed by atoms with Crippen molar-refractivity contribution in [2.45, 2.75) is 25.4 Å². The van der Waals surface area contributed by atoms with Gasteiger partial charge in [-0.1, -0.05) is 0 Å². The predicted octanol–water partition coefficient (Wildman–Crippen LogP) is 1.83. The molecule has 1 atom stereocenters. The third-order valence-electron chi connectivity index (χ3n) is 3.09. The molecule has 1 aliphatic carbocycles. The summed E-state index contributed by atoms with van der Waals surface area (Å²) in [5, 5.41) is 9.87. The van der Waals surface area contributed by atoms with E-state index in [1.807, 2.05) is 12.1 Å². The van der Waals surface area contributed by atoms with Gasteiger partial charge in [-0.15, -0.1) is 0 Å². The van der Waals surface area contributed by atoms with Crippen LogP contribution in [0.4, 0.5) is 0 Å². The Morgan fingerprint density at radius 1 is 1.13 bits per heavy atom. The molecule has 0 bridgehead atoms. The van der Waals surface area contributed by atoms with Crippen molar-refractivity contribution in [3.05, 3.63) is 23.3 Å². The summed E-state index contributed by atoms with van der Waals surface area (Å²) in [7, 11) is 0. The summed E-state index contributed by atoms with van der Waals surface area (Å²) in [4.78, 5) is 0. The van der Waals surface area contributed by atoms with Crippen molar-refractivity contribution in [1.82, 2.24) is 0 Å². The number of aryl methyl sites for hydroxylation is 1. The molecule has 0 fully saturated rings. The van der Waals surface area contributed by atoms with Crippen LogP contribution < -0.4 is 9.47 Å². The minimum atomic E-state index is -0.329. The molecule has 0 unspecified atom stereocenters. The largest absolute Gasteiger partial charge is 0.486 e. The fourth-order valence-electron chi connectivity index (χ4n) is 2.31. The van der Waals surface area contributed by atoms with Crippen molar-refractivity contribution in [1.29, 1.82) is 0 Å². The highest BCUT2D eigenvalue weighted by atomic mass is 16.6. The first kappa shape index (κ1) is 9.04. The molecule has 0 radical (unpaired) electrons. The second kappa shape index (κ2) is 3.42. The van der Waals surface area contributed by atoms with Crippen LogP contribution >= 0.6 is 0 Å². The molecule has 0 spiro atoms. The van der Waals surface area contributed by atoms with Gasteiger partial charge in [0.15, 0.2) is 11.5 Å². The van der Waals surface area contributed by atoms with Crippen LogP contribution in [0.25, 0.3) is 0 Å². The second-order valence-corrected chi connectivity index (χ2v) is 4.10. The summed E-state index contributed by atoms with van der Waals surface area (Å²) in [5.41, 5.74) is 2.23. The second-order valence-electron chi connectivity index (χ2n) is 4.10. The molecule has 1 aromatic rings. The van der Waals surface area contributed by atoms with Crippen molar-refractivity contribution in [2.75, 3.05) is 13.2 Å². The minimum Gasteiger partial charge on any atom is -0.486 e. The van der Waals surface area contributed by atoms with Gasteiger partial charge < -0.3 is 14.6 Å². The highest BCUT2D eigenvalue weighted by Crippen LogP contribution is 2.39. The van der Waals surface area contributed by atoms with Crippen LogP contribution in [-0.4, -0.2) is 18.3 Å². The number of hydrogen-bond acceptors (Lipinski definition) is 3. The topological polar surface area (TPSA) is 38.7 Å². The van der Waals surface area contributed by atoms with E-state index in [0.717, 1.165) is 36.3 Å². The summed E-state index contributed by atoms with van der Waals surface area (Å²) in [6.07, 6.45) is 2.60. The van der Waals surface area contributed by atoms with Crippen molar-refractivity contribution in [2.24, 2.45) is 0 Å². The van der Waals surface area contributed by atoms with E-state index in [-0.39, 0.29) is 6.10 Å². The molecule has 1 N–H and O–H groups in total. The van der Waals surface area contributed by atoms with Gasteiger partial charge in [0.2, 0.25) is 0 Å². The Hall–Kier alpha value is -1.22. The van der Waals surface area contributed by atoms with Crippen LogP contribution in [0.1, 0.15) is 30.1 Å². The molecule has 1 aliphatic heterocycles. The van der Waals surface area contributed by atoms with Crippen molar-refractivity contribution in [3.8, 4) is 11.5 Å². The quantitative estimate of drug-likeness (QED) is 0.703. The van der Waals surface area contributed by atoms with Gasteiger partial charge >= 0.3 is 0 Å². The zero-order chi connectivity index (χ0) is 10.3. The highest BCUT2D eigenvalue weighted by Gasteiger charge is 2.22. The number of rotatable bonds is 0. The molecule has 3 rings (SSSR count). The van der Waals surface area contributed by atoms with E-state index in [0.29, 0.717) is 13.2 Å². The number of aliphatic hydroxyl groups is 1. The maximum atomic E-state index is 9.87. The van der Waals surface area contributed by atoms with E-state index in [9.17, 15) is 5.11 Å². The molecule has 1 aromatic carbocycles. The van der Waals surface area contributed by atoms with E-state index in [4.69, 9.17) is 9.47 Å². The minimum absolute atomic E-state index is 0.329. The number of ether oxygens (including phenoxy) is 2. The van der Waals surface area contributed by atoms with Gasteiger partial charge in [-0.05, 0) is 42.5 Å². The summed E-state index contributed by atoms with van der Waals surface area (Å²) in [6.45, 7) is 1.22. The first-order valence-electron chi connectivity index (χ1n) is 5.45. The molecular weight excluding hydrogens is 192 g/mol. The van der Waals surface area contributed by atoms with Gasteiger partial charge in [0, 0.05) is 0 Å². The molecule has 2 aliphatic rings. The fourth-order valence-corrected chi connectivity index (χ4v) is 2.31. The van der Waals surface area contributed by atoms with Crippen LogP contribution in [0.15, 0.2) is 12.1 Å². The first-order chi connectivity index (χ1) is 7.34. The van der Waals surface area contributed by atoms with Gasteiger partial charge in [0.1, 0.15) is 13.2 Å². The maximum Gasteiger partial charge on any atom is 0.161 e. The number of hydrogen-bond donors (Lipinski definition) is 1. The average Bonchev–Trinajstić information content (AvgIpc) is 2.27. The summed E-state index contributed by atoms with van der Waals surface area (Å²) in [5.74, 6) is 1.61. The van der Waals surface area contributed by atoms with E-state index < -0.39 is 0 Å². The Kier molecular flexibility index (Phi) is 2.06. The molecule has 0 aromatic heterocycles. The van der Waals surface area contributed by atoms with Gasteiger partial charge in [-0.3, -0.25) is 0 Å². The van der Waals surface area contributed by atoms with Crippen LogP contribution in [0, 0.1) is 0 Å². The lowest BCUT2D eigenvalue weighted by atomic mass is 9.89. The molecule has 3 nitrogen and oxygen atoms in total. The standard InChI is InChI=1S/C12H14O3/c13-10-3-1-2-8-6-11-12(7-9(8)10)15-5-4-14-11/h6-7,10,13H,1-5H2/t10-/m0/s1. The smallest absolute Gasteiger partial charge is 0.161 e. The van der Waals surface area contributed by atoms with E-state index >= 15 is 0 Å². The summed E-state index contributed by atoms with van der Waals surface area (Å²) < 4.78 is 11.0. The van der Waals surface area contributed by atoms with Gasteiger partial charge in [0.05, 0.1) is 6.10 Å². The van der Waals surface area contributed by atoms with Crippen molar-refractivity contribution >= 4 is 0 Å². The number of fused-ring (bicyclic) bond motifs is 2. The van der Waals surface area contributed by atoms with Gasteiger partial charge in [-0.2, -0.15) is 0 Å². The molecule has 0 saturated carbocycles. The Labute approximate surface area is 88.6 Å². The van der Waals surface area contributed by atoms with Crippen LogP contribution in [0.3, 0.4) is 0 Å². The Morgan fingerprint density at radius 3 is 2.67 bits per heavy atom. The van der Waals surface area contributed by atoms with E-state index in [2.05, 4.69) is 0 Å². The van der Waals surface area contributed by atoms with Crippen LogP contribution in [0.5, 0.6) is 11.5 Å². The SMILES string of the molecule is O[C@H]1CCCc2cc3c(cc21)OCCO3. The average molecular weight is 206 g/mol. The fraction of sp³-hybridized carbons (Fsp3) is 0.500. The molecule has 0 saturated heterocycles. The zero-order valence-corrected chi connectivity index (χ0v) is 8.53. The number of benzene rings is 1. The highest BCUT2D eigenvalue weighted by molar-refractivity contribution is 5.49. The van der Waals surface area contributed by atoms with Crippen molar-refractivity contribution in [3.63, 3.8) is 0 Å². The van der Waals surface area contributed by atoms with E-state index in [1.54, 1.807) is 0 Å². The molecule has 15 heavy (non-hydrogen) atoms. The Morgan fingerprint density at radius 2 is 1.87 bits per heavy atom. The Bertz CT molecular complexity index is 387. The summed E-state index contributed by atoms with van der Waals surface area (Å²) in [6, 6.07) is 3.96. The lowest BCUT2D eigenvalue weighted by Gasteiger charge is -2.25. The van der Waals surface area contributed by atoms with Crippen LogP contribution in [-0.2, 0) is 6.42 Å². The third-order valence-corrected chi connectivity index (χ3v) is 3.09. The van der Waals surface area contributed by atoms with Gasteiger partial charge in [-0.25, -0.2) is 0 Å². The molecule has 3 heteroatoms. The zero-order valence-electron chi connectivity index (χ0n) is 8.53. The predicted molar refractivity (Wildman–Crippen MR) is 55.3 cm³/mol. The lowest BCUT2D eigenvalue weighted by molar-refractivity contribution is 0.150. The normalized spacial score (nSPS) is 23.4. The monoisotopic (exact) mass is 206 g/mol. The lowest BCUT2D eigenvalue weighted by Crippen LogP contribution is -2.17. The number of aliphatic hydroxyl groups excluding tert-OH is 1.